The van der Waals surface area contributed by atoms with Gasteiger partial charge in [0.15, 0.2) is 17.5 Å². The lowest BCUT2D eigenvalue weighted by Crippen LogP contribution is -2.02. The van der Waals surface area contributed by atoms with E-state index >= 15 is 0 Å². The Labute approximate surface area is 120 Å². The summed E-state index contributed by atoms with van der Waals surface area (Å²) < 4.78 is 83.0. The highest BCUT2D eigenvalue weighted by molar-refractivity contribution is 5.98. The predicted molar refractivity (Wildman–Crippen MR) is 69.1 cm³/mol. The zero-order valence-corrected chi connectivity index (χ0v) is 10.7. The second kappa shape index (κ2) is 5.05. The minimum Gasteiger partial charge on any atom is -0.206 e. The van der Waals surface area contributed by atoms with Crippen molar-refractivity contribution in [2.24, 2.45) is 0 Å². The van der Waals surface area contributed by atoms with Crippen molar-refractivity contribution >= 4 is 10.8 Å². The lowest BCUT2D eigenvalue weighted by Gasteiger charge is -2.12. The Bertz CT molecular complexity index is 881. The van der Waals surface area contributed by atoms with E-state index in [1.807, 2.05) is 0 Å². The highest BCUT2D eigenvalue weighted by Gasteiger charge is 2.26. The molecule has 3 aromatic rings. The van der Waals surface area contributed by atoms with Crippen molar-refractivity contribution in [1.82, 2.24) is 0 Å². The van der Waals surface area contributed by atoms with Crippen molar-refractivity contribution in [3.05, 3.63) is 71.3 Å². The van der Waals surface area contributed by atoms with Crippen molar-refractivity contribution in [3.63, 3.8) is 0 Å². The second-order valence-electron chi connectivity index (χ2n) is 4.58. The fraction of sp³-hybridized carbons (Fsp3) is 0. The zero-order valence-electron chi connectivity index (χ0n) is 10.7. The van der Waals surface area contributed by atoms with E-state index in [2.05, 4.69) is 0 Å². The molecule has 0 radical (unpaired) electrons. The molecule has 0 N–H and O–H groups in total. The molecule has 0 spiro atoms. The molecule has 0 heterocycles. The van der Waals surface area contributed by atoms with Gasteiger partial charge in [-0.3, -0.25) is 0 Å². The molecule has 0 atom stereocenters. The van der Waals surface area contributed by atoms with Gasteiger partial charge in [-0.1, -0.05) is 18.2 Å². The monoisotopic (exact) mass is 312 g/mol. The van der Waals surface area contributed by atoms with Crippen LogP contribution in [0.1, 0.15) is 0 Å². The lowest BCUT2D eigenvalue weighted by atomic mass is 9.95. The van der Waals surface area contributed by atoms with Crippen molar-refractivity contribution in [1.29, 1.82) is 0 Å². The van der Waals surface area contributed by atoms with Crippen molar-refractivity contribution in [2.75, 3.05) is 0 Å². The van der Waals surface area contributed by atoms with Gasteiger partial charge in [-0.05, 0) is 23.6 Å². The summed E-state index contributed by atoms with van der Waals surface area (Å²) in [6, 6.07) is 5.72. The van der Waals surface area contributed by atoms with Gasteiger partial charge in [-0.25, -0.2) is 26.3 Å². The summed E-state index contributed by atoms with van der Waals surface area (Å²) in [5.41, 5.74) is -1.74. The standard InChI is InChI=1S/C16H6F6/c17-8-4-1-3-7-11(8)14(20)16(22)15(21)12(7)13-9(18)5-2-6-10(13)19/h1-6H. The number of rotatable bonds is 1. The summed E-state index contributed by atoms with van der Waals surface area (Å²) in [6.45, 7) is 0. The van der Waals surface area contributed by atoms with E-state index in [0.29, 0.717) is 0 Å². The molecule has 0 aliphatic rings. The molecule has 0 amide bonds. The maximum absolute atomic E-state index is 14.1. The highest BCUT2D eigenvalue weighted by atomic mass is 19.2. The molecule has 3 rings (SSSR count). The average molecular weight is 312 g/mol. The highest BCUT2D eigenvalue weighted by Crippen LogP contribution is 2.38. The SMILES string of the molecule is Fc1cccc(F)c1-c1c(F)c(F)c(F)c2c(F)cccc12. The number of halogens is 6. The summed E-state index contributed by atoms with van der Waals surface area (Å²) in [5.74, 6) is -9.02. The molecule has 0 nitrogen and oxygen atoms in total. The van der Waals surface area contributed by atoms with E-state index < -0.39 is 56.8 Å². The van der Waals surface area contributed by atoms with E-state index in [4.69, 9.17) is 0 Å². The van der Waals surface area contributed by atoms with Crippen molar-refractivity contribution in [3.8, 4) is 11.1 Å². The number of benzene rings is 3. The Morgan fingerprint density at radius 1 is 0.500 bits per heavy atom. The van der Waals surface area contributed by atoms with Crippen LogP contribution in [0.4, 0.5) is 26.3 Å². The second-order valence-corrected chi connectivity index (χ2v) is 4.58. The molecule has 0 fully saturated rings. The molecule has 0 saturated carbocycles. The number of fused-ring (bicyclic) bond motifs is 1. The Hall–Kier alpha value is -2.50. The zero-order chi connectivity index (χ0) is 16.0. The summed E-state index contributed by atoms with van der Waals surface area (Å²) in [5, 5.41) is -1.32. The van der Waals surface area contributed by atoms with Crippen molar-refractivity contribution < 1.29 is 26.3 Å². The molecular weight excluding hydrogens is 306 g/mol. The molecule has 6 heteroatoms. The van der Waals surface area contributed by atoms with Gasteiger partial charge in [0, 0.05) is 5.56 Å². The molecular formula is C16H6F6. The molecule has 0 aliphatic heterocycles. The van der Waals surface area contributed by atoms with Crippen LogP contribution in [0.15, 0.2) is 36.4 Å². The van der Waals surface area contributed by atoms with Gasteiger partial charge in [-0.2, -0.15) is 0 Å². The Morgan fingerprint density at radius 3 is 1.68 bits per heavy atom. The third-order valence-corrected chi connectivity index (χ3v) is 3.32. The minimum absolute atomic E-state index is 0.458. The maximum atomic E-state index is 14.1. The number of hydrogen-bond acceptors (Lipinski definition) is 0. The number of hydrogen-bond donors (Lipinski definition) is 0. The van der Waals surface area contributed by atoms with Gasteiger partial charge < -0.3 is 0 Å². The smallest absolute Gasteiger partial charge is 0.195 e. The third kappa shape index (κ3) is 1.94. The quantitative estimate of drug-likeness (QED) is 0.420. The van der Waals surface area contributed by atoms with Crippen LogP contribution in [-0.4, -0.2) is 0 Å². The van der Waals surface area contributed by atoms with E-state index in [1.165, 1.54) is 0 Å². The van der Waals surface area contributed by atoms with Crippen LogP contribution in [0.5, 0.6) is 0 Å². The van der Waals surface area contributed by atoms with Crippen LogP contribution in [-0.2, 0) is 0 Å². The predicted octanol–water partition coefficient (Wildman–Crippen LogP) is 5.34. The summed E-state index contributed by atoms with van der Waals surface area (Å²) in [7, 11) is 0. The summed E-state index contributed by atoms with van der Waals surface area (Å²) >= 11 is 0. The fourth-order valence-corrected chi connectivity index (χ4v) is 2.37. The van der Waals surface area contributed by atoms with Gasteiger partial charge in [0.1, 0.15) is 17.5 Å². The summed E-state index contributed by atoms with van der Waals surface area (Å²) in [4.78, 5) is 0. The van der Waals surface area contributed by atoms with Crippen LogP contribution in [0.2, 0.25) is 0 Å². The molecule has 22 heavy (non-hydrogen) atoms. The van der Waals surface area contributed by atoms with Crippen LogP contribution >= 0.6 is 0 Å². The van der Waals surface area contributed by atoms with Gasteiger partial charge in [-0.15, -0.1) is 0 Å². The minimum atomic E-state index is -1.99. The van der Waals surface area contributed by atoms with Gasteiger partial charge in [0.05, 0.1) is 10.9 Å². The van der Waals surface area contributed by atoms with Gasteiger partial charge in [0.25, 0.3) is 0 Å². The molecule has 112 valence electrons. The topological polar surface area (TPSA) is 0 Å². The first-order chi connectivity index (χ1) is 10.4. The Kier molecular flexibility index (Phi) is 3.31. The molecule has 0 aromatic heterocycles. The van der Waals surface area contributed by atoms with Gasteiger partial charge >= 0.3 is 0 Å². The van der Waals surface area contributed by atoms with Crippen LogP contribution < -0.4 is 0 Å². The molecule has 0 bridgehead atoms. The van der Waals surface area contributed by atoms with Crippen LogP contribution in [0.3, 0.4) is 0 Å². The third-order valence-electron chi connectivity index (χ3n) is 3.32. The first-order valence-electron chi connectivity index (χ1n) is 6.12. The van der Waals surface area contributed by atoms with E-state index in [1.54, 1.807) is 0 Å². The molecule has 0 aliphatic carbocycles. The van der Waals surface area contributed by atoms with E-state index in [9.17, 15) is 26.3 Å². The maximum Gasteiger partial charge on any atom is 0.195 e. The first-order valence-corrected chi connectivity index (χ1v) is 6.12. The van der Waals surface area contributed by atoms with Crippen LogP contribution in [0, 0.1) is 34.9 Å². The lowest BCUT2D eigenvalue weighted by molar-refractivity contribution is 0.452. The Morgan fingerprint density at radius 2 is 1.05 bits per heavy atom. The summed E-state index contributed by atoms with van der Waals surface area (Å²) in [6.07, 6.45) is 0. The van der Waals surface area contributed by atoms with E-state index in [-0.39, 0.29) is 0 Å². The fourth-order valence-electron chi connectivity index (χ4n) is 2.37. The first kappa shape index (κ1) is 14.4. The largest absolute Gasteiger partial charge is 0.206 e. The Balaban J connectivity index is 2.58. The molecule has 0 unspecified atom stereocenters. The van der Waals surface area contributed by atoms with E-state index in [0.717, 1.165) is 36.4 Å². The van der Waals surface area contributed by atoms with Crippen LogP contribution in [0.25, 0.3) is 21.9 Å². The molecule has 3 aromatic carbocycles. The molecule has 0 saturated heterocycles. The normalized spacial score (nSPS) is 11.2. The van der Waals surface area contributed by atoms with Gasteiger partial charge in [0.2, 0.25) is 0 Å². The van der Waals surface area contributed by atoms with Crippen molar-refractivity contribution in [2.45, 2.75) is 0 Å². The average Bonchev–Trinajstić information content (AvgIpc) is 2.48.